The first-order chi connectivity index (χ1) is 11.7. The van der Waals surface area contributed by atoms with Gasteiger partial charge < -0.3 is 19.4 Å². The van der Waals surface area contributed by atoms with E-state index in [0.29, 0.717) is 30.4 Å². The zero-order valence-corrected chi connectivity index (χ0v) is 14.9. The molecule has 0 saturated heterocycles. The van der Waals surface area contributed by atoms with Gasteiger partial charge in [0.1, 0.15) is 6.33 Å². The van der Waals surface area contributed by atoms with E-state index in [9.17, 15) is 4.79 Å². The van der Waals surface area contributed by atoms with Crippen molar-refractivity contribution in [2.45, 2.75) is 32.5 Å². The van der Waals surface area contributed by atoms with E-state index >= 15 is 0 Å². The summed E-state index contributed by atoms with van der Waals surface area (Å²) in [5.74, 6) is 1.44. The molecule has 1 aromatic carbocycles. The van der Waals surface area contributed by atoms with E-state index in [1.165, 1.54) is 11.8 Å². The van der Waals surface area contributed by atoms with Crippen molar-refractivity contribution < 1.29 is 14.3 Å². The molecule has 1 amide bonds. The molecule has 0 aliphatic rings. The Hall–Kier alpha value is -2.22. The molecule has 24 heavy (non-hydrogen) atoms. The Bertz CT molecular complexity index is 675. The number of aryl methyl sites for hydroxylation is 1. The van der Waals surface area contributed by atoms with Crippen LogP contribution in [0.15, 0.2) is 29.7 Å². The second-order valence-corrected chi connectivity index (χ2v) is 5.71. The van der Waals surface area contributed by atoms with E-state index in [4.69, 9.17) is 9.47 Å². The first-order valence-electron chi connectivity index (χ1n) is 7.88. The van der Waals surface area contributed by atoms with E-state index < -0.39 is 0 Å². The van der Waals surface area contributed by atoms with Gasteiger partial charge in [-0.1, -0.05) is 11.8 Å². The predicted molar refractivity (Wildman–Crippen MR) is 93.8 cm³/mol. The molecule has 130 valence electrons. The Labute approximate surface area is 145 Å². The molecule has 0 spiro atoms. The van der Waals surface area contributed by atoms with Crippen LogP contribution in [0.5, 0.6) is 11.5 Å². The van der Waals surface area contributed by atoms with Gasteiger partial charge in [0.05, 0.1) is 19.0 Å². The molecule has 0 fully saturated rings. The molecule has 2 rings (SSSR count). The summed E-state index contributed by atoms with van der Waals surface area (Å²) in [7, 11) is 0. The molecule has 0 saturated carbocycles. The fourth-order valence-corrected chi connectivity index (χ4v) is 2.81. The average molecular weight is 350 g/mol. The highest BCUT2D eigenvalue weighted by atomic mass is 32.2. The van der Waals surface area contributed by atoms with Gasteiger partial charge in [-0.05, 0) is 32.9 Å². The number of hydrogen-bond acceptors (Lipinski definition) is 6. The number of ether oxygens (including phenoxy) is 2. The summed E-state index contributed by atoms with van der Waals surface area (Å²) < 4.78 is 13.0. The number of aromatic nitrogens is 3. The first-order valence-corrected chi connectivity index (χ1v) is 8.86. The van der Waals surface area contributed by atoms with E-state index in [0.717, 1.165) is 11.7 Å². The minimum atomic E-state index is -0.114. The number of anilines is 1. The van der Waals surface area contributed by atoms with Gasteiger partial charge in [-0.25, -0.2) is 0 Å². The van der Waals surface area contributed by atoms with Crippen molar-refractivity contribution in [2.24, 2.45) is 0 Å². The van der Waals surface area contributed by atoms with Crippen LogP contribution in [0.2, 0.25) is 0 Å². The SMILES string of the molecule is CCOc1ccc(NC(=O)CSc2nncn2CC)cc1OCC. The highest BCUT2D eigenvalue weighted by Gasteiger charge is 2.11. The number of nitrogens with one attached hydrogen (secondary N) is 1. The maximum absolute atomic E-state index is 12.1. The summed E-state index contributed by atoms with van der Waals surface area (Å²) in [6.07, 6.45) is 1.65. The lowest BCUT2D eigenvalue weighted by molar-refractivity contribution is -0.113. The van der Waals surface area contributed by atoms with Gasteiger partial charge in [0.2, 0.25) is 5.91 Å². The smallest absolute Gasteiger partial charge is 0.234 e. The third kappa shape index (κ3) is 4.89. The van der Waals surface area contributed by atoms with Gasteiger partial charge in [0.25, 0.3) is 0 Å². The second-order valence-electron chi connectivity index (χ2n) is 4.76. The van der Waals surface area contributed by atoms with Crippen LogP contribution in [0, 0.1) is 0 Å². The number of hydrogen-bond donors (Lipinski definition) is 1. The van der Waals surface area contributed by atoms with Crippen molar-refractivity contribution in [3.8, 4) is 11.5 Å². The molecule has 0 atom stereocenters. The monoisotopic (exact) mass is 350 g/mol. The molecule has 2 aromatic rings. The van der Waals surface area contributed by atoms with Crippen LogP contribution in [0.25, 0.3) is 0 Å². The van der Waals surface area contributed by atoms with E-state index in [-0.39, 0.29) is 11.7 Å². The summed E-state index contributed by atoms with van der Waals surface area (Å²) in [6.45, 7) is 7.68. The van der Waals surface area contributed by atoms with Crippen LogP contribution in [-0.4, -0.2) is 39.6 Å². The summed E-state index contributed by atoms with van der Waals surface area (Å²) in [4.78, 5) is 12.1. The number of carbonyl (C=O) groups excluding carboxylic acids is 1. The summed E-state index contributed by atoms with van der Waals surface area (Å²) in [5.41, 5.74) is 0.671. The maximum Gasteiger partial charge on any atom is 0.234 e. The molecule has 0 unspecified atom stereocenters. The summed E-state index contributed by atoms with van der Waals surface area (Å²) in [5, 5.41) is 11.4. The first kappa shape index (κ1) is 18.1. The fraction of sp³-hybridized carbons (Fsp3) is 0.438. The highest BCUT2D eigenvalue weighted by Crippen LogP contribution is 2.30. The van der Waals surface area contributed by atoms with E-state index in [1.807, 2.05) is 25.3 Å². The van der Waals surface area contributed by atoms with Gasteiger partial charge >= 0.3 is 0 Å². The van der Waals surface area contributed by atoms with Crippen LogP contribution in [-0.2, 0) is 11.3 Å². The largest absolute Gasteiger partial charge is 0.490 e. The van der Waals surface area contributed by atoms with Gasteiger partial charge in [-0.2, -0.15) is 0 Å². The Balaban J connectivity index is 1.96. The third-order valence-corrected chi connectivity index (χ3v) is 4.06. The number of rotatable bonds is 9. The number of benzene rings is 1. The number of carbonyl (C=O) groups is 1. The number of thioether (sulfide) groups is 1. The van der Waals surface area contributed by atoms with Crippen LogP contribution >= 0.6 is 11.8 Å². The molecule has 0 bridgehead atoms. The molecule has 7 nitrogen and oxygen atoms in total. The Morgan fingerprint density at radius 3 is 2.67 bits per heavy atom. The van der Waals surface area contributed by atoms with Gasteiger partial charge in [0.15, 0.2) is 16.7 Å². The third-order valence-electron chi connectivity index (χ3n) is 3.08. The topological polar surface area (TPSA) is 78.3 Å². The fourth-order valence-electron chi connectivity index (χ4n) is 2.03. The van der Waals surface area contributed by atoms with Gasteiger partial charge in [0, 0.05) is 18.3 Å². The molecule has 1 aromatic heterocycles. The van der Waals surface area contributed by atoms with Crippen molar-refractivity contribution in [2.75, 3.05) is 24.3 Å². The van der Waals surface area contributed by atoms with Crippen LogP contribution < -0.4 is 14.8 Å². The van der Waals surface area contributed by atoms with Crippen molar-refractivity contribution in [1.82, 2.24) is 14.8 Å². The van der Waals surface area contributed by atoms with Crippen molar-refractivity contribution in [3.05, 3.63) is 24.5 Å². The van der Waals surface area contributed by atoms with Crippen LogP contribution in [0.1, 0.15) is 20.8 Å². The Morgan fingerprint density at radius 2 is 1.96 bits per heavy atom. The molecule has 0 aliphatic carbocycles. The molecular weight excluding hydrogens is 328 g/mol. The Morgan fingerprint density at radius 1 is 1.21 bits per heavy atom. The number of nitrogens with zero attached hydrogens (tertiary/aromatic N) is 3. The van der Waals surface area contributed by atoms with Crippen LogP contribution in [0.3, 0.4) is 0 Å². The minimum absolute atomic E-state index is 0.114. The lowest BCUT2D eigenvalue weighted by atomic mass is 10.2. The molecule has 0 aliphatic heterocycles. The lowest BCUT2D eigenvalue weighted by Crippen LogP contribution is -2.14. The molecule has 1 heterocycles. The molecule has 1 N–H and O–H groups in total. The predicted octanol–water partition coefficient (Wildman–Crippen LogP) is 2.83. The zero-order chi connectivity index (χ0) is 17.4. The van der Waals surface area contributed by atoms with Crippen molar-refractivity contribution in [1.29, 1.82) is 0 Å². The number of amides is 1. The van der Waals surface area contributed by atoms with Gasteiger partial charge in [-0.15, -0.1) is 10.2 Å². The van der Waals surface area contributed by atoms with Gasteiger partial charge in [-0.3, -0.25) is 4.79 Å². The quantitative estimate of drug-likeness (QED) is 0.701. The van der Waals surface area contributed by atoms with Crippen molar-refractivity contribution >= 4 is 23.4 Å². The minimum Gasteiger partial charge on any atom is -0.490 e. The molecule has 0 radical (unpaired) electrons. The van der Waals surface area contributed by atoms with Crippen LogP contribution in [0.4, 0.5) is 5.69 Å². The summed E-state index contributed by atoms with van der Waals surface area (Å²) >= 11 is 1.35. The maximum atomic E-state index is 12.1. The van der Waals surface area contributed by atoms with E-state index in [1.54, 1.807) is 24.5 Å². The van der Waals surface area contributed by atoms with E-state index in [2.05, 4.69) is 15.5 Å². The average Bonchev–Trinajstić information content (AvgIpc) is 3.03. The zero-order valence-electron chi connectivity index (χ0n) is 14.1. The molecule has 8 heteroatoms. The highest BCUT2D eigenvalue weighted by molar-refractivity contribution is 7.99. The standard InChI is InChI=1S/C16H22N4O3S/c1-4-20-11-17-19-16(20)24-10-15(21)18-12-7-8-13(22-5-2)14(9-12)23-6-3/h7-9,11H,4-6,10H2,1-3H3,(H,18,21). The second kappa shape index (κ2) is 9.17. The summed E-state index contributed by atoms with van der Waals surface area (Å²) in [6, 6.07) is 5.36. The van der Waals surface area contributed by atoms with Crippen molar-refractivity contribution in [3.63, 3.8) is 0 Å². The molecular formula is C16H22N4O3S. The Kier molecular flexibility index (Phi) is 6.92. The normalized spacial score (nSPS) is 10.5. The lowest BCUT2D eigenvalue weighted by Gasteiger charge is -2.13.